The molecule has 10 nitrogen and oxygen atoms in total. The molecule has 4 heterocycles. The Morgan fingerprint density at radius 1 is 1.13 bits per heavy atom. The van der Waals surface area contributed by atoms with Crippen molar-refractivity contribution < 1.29 is 14.1 Å². The highest BCUT2D eigenvalue weighted by Gasteiger charge is 2.18. The van der Waals surface area contributed by atoms with E-state index in [2.05, 4.69) is 25.4 Å². The van der Waals surface area contributed by atoms with Crippen molar-refractivity contribution in [2.45, 2.75) is 13.0 Å². The maximum atomic E-state index is 12.4. The van der Waals surface area contributed by atoms with Crippen LogP contribution in [0.3, 0.4) is 0 Å². The number of rotatable bonds is 5. The third-order valence-electron chi connectivity index (χ3n) is 4.98. The van der Waals surface area contributed by atoms with Gasteiger partial charge in [0.2, 0.25) is 11.7 Å². The Bertz CT molecular complexity index is 1170. The molecule has 1 aromatic carbocycles. The van der Waals surface area contributed by atoms with Crippen LogP contribution in [0.2, 0.25) is 0 Å². The van der Waals surface area contributed by atoms with Crippen molar-refractivity contribution in [1.82, 2.24) is 35.0 Å². The Balaban J connectivity index is 1.31. The predicted molar refractivity (Wildman–Crippen MR) is 106 cm³/mol. The van der Waals surface area contributed by atoms with Gasteiger partial charge in [-0.25, -0.2) is 4.68 Å². The third kappa shape index (κ3) is 3.64. The number of aromatic nitrogens is 6. The molecule has 0 atom stereocenters. The first-order valence-corrected chi connectivity index (χ1v) is 9.72. The highest BCUT2D eigenvalue weighted by Crippen LogP contribution is 2.23. The molecule has 0 saturated carbocycles. The fourth-order valence-corrected chi connectivity index (χ4v) is 3.38. The van der Waals surface area contributed by atoms with Crippen LogP contribution < -0.4 is 0 Å². The zero-order valence-corrected chi connectivity index (χ0v) is 16.1. The van der Waals surface area contributed by atoms with E-state index in [0.29, 0.717) is 62.2 Å². The van der Waals surface area contributed by atoms with Gasteiger partial charge in [-0.15, -0.1) is 5.10 Å². The van der Waals surface area contributed by atoms with E-state index in [9.17, 15) is 4.79 Å². The summed E-state index contributed by atoms with van der Waals surface area (Å²) in [6, 6.07) is 11.1. The molecule has 10 heteroatoms. The SMILES string of the molecule is O=C(CCn1nnc2cc(-c3noc(-c4ccccn4)n3)ccc21)N1CCOCC1. The first-order valence-electron chi connectivity index (χ1n) is 9.72. The summed E-state index contributed by atoms with van der Waals surface area (Å²) in [5.41, 5.74) is 2.94. The number of hydrogen-bond donors (Lipinski definition) is 0. The van der Waals surface area contributed by atoms with Gasteiger partial charge in [-0.3, -0.25) is 9.78 Å². The molecule has 1 saturated heterocycles. The highest BCUT2D eigenvalue weighted by atomic mass is 16.5. The summed E-state index contributed by atoms with van der Waals surface area (Å²) < 4.78 is 12.4. The second-order valence-electron chi connectivity index (χ2n) is 6.90. The molecule has 1 aliphatic heterocycles. The number of carbonyl (C=O) groups is 1. The van der Waals surface area contributed by atoms with Gasteiger partial charge in [-0.1, -0.05) is 16.4 Å². The molecule has 0 radical (unpaired) electrons. The fourth-order valence-electron chi connectivity index (χ4n) is 3.38. The van der Waals surface area contributed by atoms with E-state index in [1.54, 1.807) is 10.9 Å². The number of pyridine rings is 1. The Labute approximate surface area is 171 Å². The lowest BCUT2D eigenvalue weighted by Crippen LogP contribution is -2.41. The quantitative estimate of drug-likeness (QED) is 0.494. The standard InChI is InChI=1S/C20H19N7O3/c28-18(26-9-11-29-12-10-26)6-8-27-17-5-4-14(13-16(17)23-25-27)19-22-20(30-24-19)15-3-1-2-7-21-15/h1-5,7,13H,6,8-12H2. The number of fused-ring (bicyclic) bond motifs is 1. The summed E-state index contributed by atoms with van der Waals surface area (Å²) >= 11 is 0. The molecular formula is C20H19N7O3. The van der Waals surface area contributed by atoms with E-state index in [0.717, 1.165) is 11.1 Å². The number of amides is 1. The van der Waals surface area contributed by atoms with Gasteiger partial charge >= 0.3 is 0 Å². The van der Waals surface area contributed by atoms with Crippen molar-refractivity contribution in [3.8, 4) is 23.0 Å². The van der Waals surface area contributed by atoms with E-state index in [4.69, 9.17) is 9.26 Å². The van der Waals surface area contributed by atoms with Gasteiger partial charge < -0.3 is 14.2 Å². The molecule has 0 unspecified atom stereocenters. The molecule has 1 aliphatic rings. The first-order chi connectivity index (χ1) is 14.8. The van der Waals surface area contributed by atoms with Crippen LogP contribution in [0, 0.1) is 0 Å². The van der Waals surface area contributed by atoms with E-state index in [1.807, 2.05) is 41.3 Å². The van der Waals surface area contributed by atoms with E-state index in [-0.39, 0.29) is 5.91 Å². The number of hydrogen-bond acceptors (Lipinski definition) is 8. The Kier molecular flexibility index (Phi) is 4.89. The molecule has 30 heavy (non-hydrogen) atoms. The summed E-state index contributed by atoms with van der Waals surface area (Å²) in [7, 11) is 0. The molecule has 5 rings (SSSR count). The molecule has 3 aromatic heterocycles. The van der Waals surface area contributed by atoms with Crippen molar-refractivity contribution in [2.75, 3.05) is 26.3 Å². The topological polar surface area (TPSA) is 112 Å². The minimum Gasteiger partial charge on any atom is -0.378 e. The zero-order valence-electron chi connectivity index (χ0n) is 16.1. The molecule has 0 N–H and O–H groups in total. The molecule has 152 valence electrons. The maximum Gasteiger partial charge on any atom is 0.276 e. The summed E-state index contributed by atoms with van der Waals surface area (Å²) in [5.74, 6) is 0.915. The van der Waals surface area contributed by atoms with E-state index in [1.165, 1.54) is 0 Å². The van der Waals surface area contributed by atoms with Gasteiger partial charge in [0.15, 0.2) is 0 Å². The van der Waals surface area contributed by atoms with Gasteiger partial charge in [-0.2, -0.15) is 4.98 Å². The van der Waals surface area contributed by atoms with Crippen LogP contribution in [0.5, 0.6) is 0 Å². The minimum absolute atomic E-state index is 0.104. The molecule has 0 aliphatic carbocycles. The molecule has 1 amide bonds. The van der Waals surface area contributed by atoms with Crippen molar-refractivity contribution in [2.24, 2.45) is 0 Å². The van der Waals surface area contributed by atoms with Crippen LogP contribution in [0.25, 0.3) is 34.0 Å². The molecule has 0 bridgehead atoms. The smallest absolute Gasteiger partial charge is 0.276 e. The van der Waals surface area contributed by atoms with Gasteiger partial charge in [-0.05, 0) is 30.3 Å². The van der Waals surface area contributed by atoms with Crippen LogP contribution in [0.15, 0.2) is 47.1 Å². The number of aryl methyl sites for hydroxylation is 1. The number of benzene rings is 1. The number of carbonyl (C=O) groups excluding carboxylic acids is 1. The predicted octanol–water partition coefficient (Wildman–Crippen LogP) is 1.79. The van der Waals surface area contributed by atoms with Crippen molar-refractivity contribution in [3.63, 3.8) is 0 Å². The first kappa shape index (κ1) is 18.4. The van der Waals surface area contributed by atoms with Crippen LogP contribution in [-0.2, 0) is 16.1 Å². The van der Waals surface area contributed by atoms with E-state index >= 15 is 0 Å². The second-order valence-corrected chi connectivity index (χ2v) is 6.90. The van der Waals surface area contributed by atoms with Crippen LogP contribution >= 0.6 is 0 Å². The van der Waals surface area contributed by atoms with Gasteiger partial charge in [0.25, 0.3) is 5.89 Å². The highest BCUT2D eigenvalue weighted by molar-refractivity contribution is 5.80. The second kappa shape index (κ2) is 7.99. The summed E-state index contributed by atoms with van der Waals surface area (Å²) in [4.78, 5) is 22.8. The molecule has 4 aromatic rings. The van der Waals surface area contributed by atoms with E-state index < -0.39 is 0 Å². The van der Waals surface area contributed by atoms with Crippen molar-refractivity contribution in [3.05, 3.63) is 42.6 Å². The van der Waals surface area contributed by atoms with Crippen molar-refractivity contribution >= 4 is 16.9 Å². The average molecular weight is 405 g/mol. The van der Waals surface area contributed by atoms with Crippen LogP contribution in [0.4, 0.5) is 0 Å². The molecule has 1 fully saturated rings. The van der Waals surface area contributed by atoms with Gasteiger partial charge in [0, 0.05) is 31.3 Å². The Hall–Kier alpha value is -3.66. The molecular weight excluding hydrogens is 386 g/mol. The molecule has 0 spiro atoms. The zero-order chi connectivity index (χ0) is 20.3. The number of nitrogens with zero attached hydrogens (tertiary/aromatic N) is 7. The van der Waals surface area contributed by atoms with Crippen LogP contribution in [0.1, 0.15) is 6.42 Å². The summed E-state index contributed by atoms with van der Waals surface area (Å²) in [6.45, 7) is 2.95. The summed E-state index contributed by atoms with van der Waals surface area (Å²) in [6.07, 6.45) is 2.05. The van der Waals surface area contributed by atoms with Crippen LogP contribution in [-0.4, -0.2) is 67.2 Å². The third-order valence-corrected chi connectivity index (χ3v) is 4.98. The summed E-state index contributed by atoms with van der Waals surface area (Å²) in [5, 5.41) is 12.5. The lowest BCUT2D eigenvalue weighted by atomic mass is 10.2. The van der Waals surface area contributed by atoms with Gasteiger partial charge in [0.1, 0.15) is 11.2 Å². The van der Waals surface area contributed by atoms with Crippen molar-refractivity contribution in [1.29, 1.82) is 0 Å². The number of morpholine rings is 1. The largest absolute Gasteiger partial charge is 0.378 e. The van der Waals surface area contributed by atoms with Gasteiger partial charge in [0.05, 0.1) is 25.3 Å². The Morgan fingerprint density at radius 2 is 2.03 bits per heavy atom. The fraction of sp³-hybridized carbons (Fsp3) is 0.300. The number of ether oxygens (including phenoxy) is 1. The lowest BCUT2D eigenvalue weighted by Gasteiger charge is -2.26. The Morgan fingerprint density at radius 3 is 2.87 bits per heavy atom. The normalized spacial score (nSPS) is 14.3. The lowest BCUT2D eigenvalue weighted by molar-refractivity contribution is -0.135. The maximum absolute atomic E-state index is 12.4. The minimum atomic E-state index is 0.104. The monoisotopic (exact) mass is 405 g/mol. The average Bonchev–Trinajstić information content (AvgIpc) is 3.46.